The average Bonchev–Trinajstić information content (AvgIpc) is 2.66. The van der Waals surface area contributed by atoms with E-state index in [9.17, 15) is 9.59 Å². The Morgan fingerprint density at radius 3 is 2.38 bits per heavy atom. The SMILES string of the molecule is CCCOc1ccc(C(=O)Nc2cccc(C(=O)NC)c2)cc1OCC. The monoisotopic (exact) mass is 356 g/mol. The van der Waals surface area contributed by atoms with Crippen molar-refractivity contribution in [3.8, 4) is 11.5 Å². The van der Waals surface area contributed by atoms with Gasteiger partial charge in [-0.2, -0.15) is 0 Å². The molecule has 2 aromatic carbocycles. The smallest absolute Gasteiger partial charge is 0.255 e. The summed E-state index contributed by atoms with van der Waals surface area (Å²) in [6, 6.07) is 11.8. The second-order valence-corrected chi connectivity index (χ2v) is 5.56. The maximum Gasteiger partial charge on any atom is 0.255 e. The Balaban J connectivity index is 2.18. The van der Waals surface area contributed by atoms with E-state index in [1.807, 2.05) is 13.8 Å². The predicted octanol–water partition coefficient (Wildman–Crippen LogP) is 3.49. The molecule has 6 nitrogen and oxygen atoms in total. The maximum absolute atomic E-state index is 12.5. The molecule has 0 heterocycles. The summed E-state index contributed by atoms with van der Waals surface area (Å²) < 4.78 is 11.2. The Bertz CT molecular complexity index is 774. The van der Waals surface area contributed by atoms with Gasteiger partial charge in [0.15, 0.2) is 11.5 Å². The number of ether oxygens (including phenoxy) is 2. The molecule has 0 radical (unpaired) electrons. The van der Waals surface area contributed by atoms with Crippen LogP contribution in [0.5, 0.6) is 11.5 Å². The van der Waals surface area contributed by atoms with Gasteiger partial charge in [-0.25, -0.2) is 0 Å². The van der Waals surface area contributed by atoms with Crippen molar-refractivity contribution in [2.75, 3.05) is 25.6 Å². The minimum absolute atomic E-state index is 0.211. The van der Waals surface area contributed by atoms with Crippen LogP contribution in [0.15, 0.2) is 42.5 Å². The molecular formula is C20H24N2O4. The van der Waals surface area contributed by atoms with E-state index in [0.717, 1.165) is 6.42 Å². The summed E-state index contributed by atoms with van der Waals surface area (Å²) in [7, 11) is 1.56. The molecule has 6 heteroatoms. The van der Waals surface area contributed by atoms with Gasteiger partial charge in [-0.1, -0.05) is 13.0 Å². The fraction of sp³-hybridized carbons (Fsp3) is 0.300. The third-order valence-electron chi connectivity index (χ3n) is 3.58. The molecule has 0 saturated heterocycles. The number of anilines is 1. The zero-order chi connectivity index (χ0) is 18.9. The Kier molecular flexibility index (Phi) is 7.02. The van der Waals surface area contributed by atoms with E-state index in [-0.39, 0.29) is 11.8 Å². The van der Waals surface area contributed by atoms with Gasteiger partial charge in [-0.3, -0.25) is 9.59 Å². The number of hydrogen-bond acceptors (Lipinski definition) is 4. The summed E-state index contributed by atoms with van der Waals surface area (Å²) >= 11 is 0. The fourth-order valence-electron chi connectivity index (χ4n) is 2.33. The lowest BCUT2D eigenvalue weighted by atomic mass is 10.1. The molecule has 0 spiro atoms. The first-order valence-electron chi connectivity index (χ1n) is 8.62. The highest BCUT2D eigenvalue weighted by atomic mass is 16.5. The third kappa shape index (κ3) is 4.99. The summed E-state index contributed by atoms with van der Waals surface area (Å²) in [6.45, 7) is 4.95. The zero-order valence-electron chi connectivity index (χ0n) is 15.3. The van der Waals surface area contributed by atoms with E-state index in [1.165, 1.54) is 0 Å². The van der Waals surface area contributed by atoms with E-state index in [1.54, 1.807) is 49.5 Å². The van der Waals surface area contributed by atoms with Crippen LogP contribution in [-0.4, -0.2) is 32.1 Å². The predicted molar refractivity (Wildman–Crippen MR) is 101 cm³/mol. The molecule has 2 rings (SSSR count). The Hall–Kier alpha value is -3.02. The Morgan fingerprint density at radius 1 is 0.923 bits per heavy atom. The summed E-state index contributed by atoms with van der Waals surface area (Å²) in [5.74, 6) is 0.652. The van der Waals surface area contributed by atoms with Crippen molar-refractivity contribution in [3.05, 3.63) is 53.6 Å². The lowest BCUT2D eigenvalue weighted by molar-refractivity contribution is 0.0961. The minimum atomic E-state index is -0.290. The molecule has 2 aromatic rings. The van der Waals surface area contributed by atoms with E-state index >= 15 is 0 Å². The number of carbonyl (C=O) groups is 2. The molecule has 0 atom stereocenters. The van der Waals surface area contributed by atoms with Crippen LogP contribution in [0.4, 0.5) is 5.69 Å². The van der Waals surface area contributed by atoms with Gasteiger partial charge in [-0.05, 0) is 49.7 Å². The van der Waals surface area contributed by atoms with Crippen molar-refractivity contribution in [3.63, 3.8) is 0 Å². The van der Waals surface area contributed by atoms with Crippen LogP contribution >= 0.6 is 0 Å². The topological polar surface area (TPSA) is 76.7 Å². The van der Waals surface area contributed by atoms with Crippen LogP contribution in [0, 0.1) is 0 Å². The van der Waals surface area contributed by atoms with Crippen LogP contribution < -0.4 is 20.1 Å². The summed E-state index contributed by atoms with van der Waals surface area (Å²) in [6.07, 6.45) is 0.884. The van der Waals surface area contributed by atoms with Crippen molar-refractivity contribution >= 4 is 17.5 Å². The Labute approximate surface area is 153 Å². The van der Waals surface area contributed by atoms with E-state index in [4.69, 9.17) is 9.47 Å². The number of rotatable bonds is 8. The molecule has 0 fully saturated rings. The molecule has 2 amide bonds. The third-order valence-corrected chi connectivity index (χ3v) is 3.58. The first-order valence-corrected chi connectivity index (χ1v) is 8.62. The van der Waals surface area contributed by atoms with Crippen molar-refractivity contribution in [1.82, 2.24) is 5.32 Å². The van der Waals surface area contributed by atoms with Crippen molar-refractivity contribution in [2.45, 2.75) is 20.3 Å². The van der Waals surface area contributed by atoms with Gasteiger partial charge < -0.3 is 20.1 Å². The van der Waals surface area contributed by atoms with Crippen LogP contribution in [0.1, 0.15) is 41.0 Å². The van der Waals surface area contributed by atoms with Gasteiger partial charge in [0.25, 0.3) is 11.8 Å². The standard InChI is InChI=1S/C20H24N2O4/c1-4-11-26-17-10-9-15(13-18(17)25-5-2)20(24)22-16-8-6-7-14(12-16)19(23)21-3/h6-10,12-13H,4-5,11H2,1-3H3,(H,21,23)(H,22,24). The van der Waals surface area contributed by atoms with Crippen LogP contribution in [0.2, 0.25) is 0 Å². The highest BCUT2D eigenvalue weighted by Gasteiger charge is 2.13. The molecule has 0 aliphatic carbocycles. The molecule has 2 N–H and O–H groups in total. The molecule has 0 aromatic heterocycles. The minimum Gasteiger partial charge on any atom is -0.490 e. The molecule has 26 heavy (non-hydrogen) atoms. The quantitative estimate of drug-likeness (QED) is 0.759. The number of hydrogen-bond donors (Lipinski definition) is 2. The van der Waals surface area contributed by atoms with Gasteiger partial charge in [-0.15, -0.1) is 0 Å². The molecular weight excluding hydrogens is 332 g/mol. The van der Waals surface area contributed by atoms with E-state index in [0.29, 0.717) is 41.5 Å². The van der Waals surface area contributed by atoms with Gasteiger partial charge in [0.05, 0.1) is 13.2 Å². The lowest BCUT2D eigenvalue weighted by Gasteiger charge is -2.13. The van der Waals surface area contributed by atoms with Gasteiger partial charge >= 0.3 is 0 Å². The van der Waals surface area contributed by atoms with Crippen LogP contribution in [-0.2, 0) is 0 Å². The maximum atomic E-state index is 12.5. The first-order chi connectivity index (χ1) is 12.6. The first kappa shape index (κ1) is 19.3. The highest BCUT2D eigenvalue weighted by Crippen LogP contribution is 2.29. The molecule has 0 bridgehead atoms. The van der Waals surface area contributed by atoms with Gasteiger partial charge in [0, 0.05) is 23.9 Å². The van der Waals surface area contributed by atoms with Crippen molar-refractivity contribution in [1.29, 1.82) is 0 Å². The largest absolute Gasteiger partial charge is 0.490 e. The van der Waals surface area contributed by atoms with Crippen LogP contribution in [0.25, 0.3) is 0 Å². The highest BCUT2D eigenvalue weighted by molar-refractivity contribution is 6.05. The normalized spacial score (nSPS) is 10.1. The average molecular weight is 356 g/mol. The number of carbonyl (C=O) groups excluding carboxylic acids is 2. The summed E-state index contributed by atoms with van der Waals surface area (Å²) in [5.41, 5.74) is 1.46. The molecule has 0 aliphatic rings. The molecule has 0 saturated carbocycles. The molecule has 138 valence electrons. The molecule has 0 aliphatic heterocycles. The molecule has 0 unspecified atom stereocenters. The van der Waals surface area contributed by atoms with Crippen LogP contribution in [0.3, 0.4) is 0 Å². The van der Waals surface area contributed by atoms with E-state index in [2.05, 4.69) is 10.6 Å². The Morgan fingerprint density at radius 2 is 1.69 bits per heavy atom. The summed E-state index contributed by atoms with van der Waals surface area (Å²) in [5, 5.41) is 5.35. The van der Waals surface area contributed by atoms with Gasteiger partial charge in [0.2, 0.25) is 0 Å². The van der Waals surface area contributed by atoms with E-state index < -0.39 is 0 Å². The number of benzene rings is 2. The second kappa shape index (κ2) is 9.46. The lowest BCUT2D eigenvalue weighted by Crippen LogP contribution is -2.18. The number of amides is 2. The van der Waals surface area contributed by atoms with Gasteiger partial charge in [0.1, 0.15) is 0 Å². The van der Waals surface area contributed by atoms with Crippen molar-refractivity contribution < 1.29 is 19.1 Å². The number of nitrogens with one attached hydrogen (secondary N) is 2. The summed E-state index contributed by atoms with van der Waals surface area (Å²) in [4.78, 5) is 24.2. The fourth-order valence-corrected chi connectivity index (χ4v) is 2.33. The second-order valence-electron chi connectivity index (χ2n) is 5.56. The zero-order valence-corrected chi connectivity index (χ0v) is 15.3. The van der Waals surface area contributed by atoms with Crippen molar-refractivity contribution in [2.24, 2.45) is 0 Å².